The number of nitrogens with zero attached hydrogens (tertiary/aromatic N) is 2. The van der Waals surface area contributed by atoms with E-state index < -0.39 is 10.0 Å². The molecule has 1 aromatic heterocycles. The zero-order chi connectivity index (χ0) is 14.8. The van der Waals surface area contributed by atoms with E-state index in [0.29, 0.717) is 13.1 Å². The monoisotopic (exact) mass is 319 g/mol. The van der Waals surface area contributed by atoms with Gasteiger partial charge >= 0.3 is 4.87 Å². The summed E-state index contributed by atoms with van der Waals surface area (Å²) < 4.78 is 24.3. The molecule has 0 bridgehead atoms. The molecule has 0 aromatic carbocycles. The fourth-order valence-electron chi connectivity index (χ4n) is 2.71. The number of aromatic nitrogens is 1. The first kappa shape index (κ1) is 15.7. The summed E-state index contributed by atoms with van der Waals surface area (Å²) in [5.74, 6) is 0.00448. The number of sulfonamides is 1. The molecule has 1 aliphatic heterocycles. The lowest BCUT2D eigenvalue weighted by molar-refractivity contribution is 0.156. The maximum absolute atomic E-state index is 11.7. The third-order valence-corrected chi connectivity index (χ3v) is 5.49. The molecule has 6 nitrogen and oxygen atoms in total. The van der Waals surface area contributed by atoms with Crippen molar-refractivity contribution in [2.75, 3.05) is 18.8 Å². The van der Waals surface area contributed by atoms with Crippen LogP contribution in [0.25, 0.3) is 0 Å². The molecule has 2 rings (SSSR count). The number of hydrogen-bond donors (Lipinski definition) is 1. The summed E-state index contributed by atoms with van der Waals surface area (Å²) in [6.45, 7) is 4.08. The van der Waals surface area contributed by atoms with Crippen molar-refractivity contribution < 1.29 is 8.42 Å². The summed E-state index contributed by atoms with van der Waals surface area (Å²) in [5.41, 5.74) is 0.958. The van der Waals surface area contributed by atoms with E-state index in [1.165, 1.54) is 11.3 Å². The molecule has 2 heterocycles. The van der Waals surface area contributed by atoms with Crippen LogP contribution in [0.4, 0.5) is 0 Å². The van der Waals surface area contributed by atoms with Crippen molar-refractivity contribution in [2.24, 2.45) is 5.14 Å². The van der Waals surface area contributed by atoms with Crippen LogP contribution in [0.5, 0.6) is 0 Å². The molecule has 1 fully saturated rings. The maximum atomic E-state index is 11.7. The Labute approximate surface area is 123 Å². The number of likely N-dealkylation sites (tertiary alicyclic amines) is 1. The fraction of sp³-hybridized carbons (Fsp3) is 0.750. The van der Waals surface area contributed by atoms with Crippen LogP contribution < -0.4 is 10.0 Å². The van der Waals surface area contributed by atoms with E-state index >= 15 is 0 Å². The molecule has 0 aliphatic carbocycles. The summed E-state index contributed by atoms with van der Waals surface area (Å²) in [6, 6.07) is -0.0200. The molecule has 114 valence electrons. The number of nitrogens with two attached hydrogens (primary N) is 1. The molecule has 0 amide bonds. The molecular weight excluding hydrogens is 298 g/mol. The predicted octanol–water partition coefficient (Wildman–Crippen LogP) is 0.361. The Hall–Kier alpha value is -0.700. The summed E-state index contributed by atoms with van der Waals surface area (Å²) in [6.07, 6.45) is 2.96. The average molecular weight is 319 g/mol. The maximum Gasteiger partial charge on any atom is 0.307 e. The van der Waals surface area contributed by atoms with Gasteiger partial charge in [0.2, 0.25) is 10.0 Å². The lowest BCUT2D eigenvalue weighted by Gasteiger charge is -2.35. The average Bonchev–Trinajstić information content (AvgIpc) is 2.66. The van der Waals surface area contributed by atoms with Crippen molar-refractivity contribution in [3.63, 3.8) is 0 Å². The van der Waals surface area contributed by atoms with Crippen molar-refractivity contribution >= 4 is 21.4 Å². The van der Waals surface area contributed by atoms with Crippen molar-refractivity contribution in [3.8, 4) is 0 Å². The molecule has 0 spiro atoms. The molecule has 1 saturated heterocycles. The highest BCUT2D eigenvalue weighted by Gasteiger charge is 2.25. The third kappa shape index (κ3) is 4.15. The molecular formula is C12H21N3O3S2. The van der Waals surface area contributed by atoms with Gasteiger partial charge < -0.3 is 4.57 Å². The molecule has 8 heteroatoms. The van der Waals surface area contributed by atoms with Gasteiger partial charge in [0.1, 0.15) is 0 Å². The quantitative estimate of drug-likeness (QED) is 0.849. The van der Waals surface area contributed by atoms with E-state index in [-0.39, 0.29) is 16.7 Å². The normalized spacial score (nSPS) is 21.2. The van der Waals surface area contributed by atoms with Crippen LogP contribution in [0.2, 0.25) is 0 Å². The molecule has 2 N–H and O–H groups in total. The largest absolute Gasteiger partial charge is 0.307 e. The summed E-state index contributed by atoms with van der Waals surface area (Å²) in [4.78, 5) is 13.9. The van der Waals surface area contributed by atoms with Crippen LogP contribution in [0.15, 0.2) is 10.2 Å². The molecule has 1 aliphatic rings. The minimum Gasteiger partial charge on any atom is -0.302 e. The highest BCUT2D eigenvalue weighted by Crippen LogP contribution is 2.18. The zero-order valence-corrected chi connectivity index (χ0v) is 13.3. The number of piperidine rings is 1. The lowest BCUT2D eigenvalue weighted by Crippen LogP contribution is -2.46. The highest BCUT2D eigenvalue weighted by molar-refractivity contribution is 7.89. The Morgan fingerprint density at radius 2 is 2.15 bits per heavy atom. The van der Waals surface area contributed by atoms with Crippen LogP contribution in [0.1, 0.15) is 25.0 Å². The molecule has 0 radical (unpaired) electrons. The first-order valence-corrected chi connectivity index (χ1v) is 9.36. The predicted molar refractivity (Wildman–Crippen MR) is 80.5 cm³/mol. The van der Waals surface area contributed by atoms with Crippen molar-refractivity contribution in [3.05, 3.63) is 20.7 Å². The second-order valence-corrected chi connectivity index (χ2v) is 7.79. The first-order chi connectivity index (χ1) is 9.37. The van der Waals surface area contributed by atoms with Gasteiger partial charge in [-0.05, 0) is 26.3 Å². The van der Waals surface area contributed by atoms with E-state index in [0.717, 1.165) is 31.5 Å². The highest BCUT2D eigenvalue weighted by atomic mass is 32.2. The fourth-order valence-corrected chi connectivity index (χ4v) is 4.39. The van der Waals surface area contributed by atoms with E-state index in [2.05, 4.69) is 4.90 Å². The Morgan fingerprint density at radius 1 is 1.40 bits per heavy atom. The van der Waals surface area contributed by atoms with Gasteiger partial charge in [0, 0.05) is 30.2 Å². The van der Waals surface area contributed by atoms with Crippen LogP contribution >= 0.6 is 11.3 Å². The van der Waals surface area contributed by atoms with Gasteiger partial charge in [-0.15, -0.1) is 0 Å². The summed E-state index contributed by atoms with van der Waals surface area (Å²) in [5, 5.41) is 7.01. The van der Waals surface area contributed by atoms with Crippen molar-refractivity contribution in [1.82, 2.24) is 9.47 Å². The molecule has 20 heavy (non-hydrogen) atoms. The van der Waals surface area contributed by atoms with Crippen LogP contribution in [0, 0.1) is 6.92 Å². The van der Waals surface area contributed by atoms with E-state index in [9.17, 15) is 13.2 Å². The standard InChI is InChI=1S/C12H21N3O3S2/c1-10-8-19-12(16)15(10)7-6-14-5-3-2-4-11(14)9-20(13,17)18/h8,11H,2-7,9H2,1H3,(H2,13,17,18). The summed E-state index contributed by atoms with van der Waals surface area (Å²) >= 11 is 1.20. The smallest absolute Gasteiger partial charge is 0.302 e. The van der Waals surface area contributed by atoms with Gasteiger partial charge in [-0.25, -0.2) is 13.6 Å². The molecule has 1 unspecified atom stereocenters. The van der Waals surface area contributed by atoms with Crippen LogP contribution in [-0.2, 0) is 16.6 Å². The third-order valence-electron chi connectivity index (χ3n) is 3.76. The Bertz CT molecular complexity index is 606. The van der Waals surface area contributed by atoms with Gasteiger partial charge in [-0.1, -0.05) is 17.8 Å². The molecule has 1 aromatic rings. The number of hydrogen-bond acceptors (Lipinski definition) is 5. The van der Waals surface area contributed by atoms with Crippen LogP contribution in [-0.4, -0.2) is 42.8 Å². The number of aryl methyl sites for hydroxylation is 1. The van der Waals surface area contributed by atoms with E-state index in [1.807, 2.05) is 12.3 Å². The SMILES string of the molecule is Cc1csc(=O)n1CCN1CCCCC1CS(N)(=O)=O. The topological polar surface area (TPSA) is 85.4 Å². The van der Waals surface area contributed by atoms with Gasteiger partial charge in [0.15, 0.2) is 0 Å². The van der Waals surface area contributed by atoms with E-state index in [1.54, 1.807) is 4.57 Å². The number of thiazole rings is 1. The lowest BCUT2D eigenvalue weighted by atomic mass is 10.0. The second kappa shape index (κ2) is 6.38. The first-order valence-electron chi connectivity index (χ1n) is 6.76. The van der Waals surface area contributed by atoms with Gasteiger partial charge in [-0.2, -0.15) is 0 Å². The number of primary sulfonamides is 1. The zero-order valence-electron chi connectivity index (χ0n) is 11.6. The minimum absolute atomic E-state index is 0.00448. The van der Waals surface area contributed by atoms with E-state index in [4.69, 9.17) is 5.14 Å². The molecule has 0 saturated carbocycles. The van der Waals surface area contributed by atoms with Gasteiger partial charge in [0.25, 0.3) is 0 Å². The van der Waals surface area contributed by atoms with Crippen molar-refractivity contribution in [1.29, 1.82) is 0 Å². The van der Waals surface area contributed by atoms with Crippen molar-refractivity contribution in [2.45, 2.75) is 38.8 Å². The Morgan fingerprint density at radius 3 is 2.75 bits per heavy atom. The Kier molecular flexibility index (Phi) is 5.00. The van der Waals surface area contributed by atoms with Gasteiger partial charge in [-0.3, -0.25) is 9.69 Å². The minimum atomic E-state index is -3.45. The molecule has 1 atom stereocenters. The second-order valence-electron chi connectivity index (χ2n) is 5.31. The number of rotatable bonds is 5. The Balaban J connectivity index is 2.01. The summed E-state index contributed by atoms with van der Waals surface area (Å²) in [7, 11) is -3.45. The van der Waals surface area contributed by atoms with Crippen LogP contribution in [0.3, 0.4) is 0 Å². The van der Waals surface area contributed by atoms with Gasteiger partial charge in [0.05, 0.1) is 5.75 Å².